The molecule has 0 radical (unpaired) electrons. The van der Waals surface area contributed by atoms with E-state index in [2.05, 4.69) is 54.2 Å². The van der Waals surface area contributed by atoms with E-state index in [4.69, 9.17) is 5.73 Å². The first-order valence-corrected chi connectivity index (χ1v) is 6.38. The van der Waals surface area contributed by atoms with Gasteiger partial charge in [0.05, 0.1) is 6.54 Å². The first-order valence-electron chi connectivity index (χ1n) is 5.58. The van der Waals surface area contributed by atoms with Gasteiger partial charge in [0.2, 0.25) is 5.91 Å². The number of carbonyl (C=O) groups is 1. The van der Waals surface area contributed by atoms with Gasteiger partial charge in [0, 0.05) is 16.4 Å². The zero-order valence-electron chi connectivity index (χ0n) is 10.5. The van der Waals surface area contributed by atoms with Crippen molar-refractivity contribution in [1.82, 2.24) is 5.32 Å². The maximum atomic E-state index is 10.7. The Balaban J connectivity index is 2.81. The van der Waals surface area contributed by atoms with E-state index in [9.17, 15) is 4.79 Å². The molecule has 3 N–H and O–H groups in total. The zero-order chi connectivity index (χ0) is 13.1. The highest BCUT2D eigenvalue weighted by molar-refractivity contribution is 9.10. The molecule has 0 spiro atoms. The minimum Gasteiger partial charge on any atom is -0.369 e. The van der Waals surface area contributed by atoms with Crippen LogP contribution < -0.4 is 11.1 Å². The number of primary amides is 1. The fourth-order valence-electron chi connectivity index (χ4n) is 1.92. The van der Waals surface area contributed by atoms with Crippen molar-refractivity contribution in [3.63, 3.8) is 0 Å². The third-order valence-corrected chi connectivity index (χ3v) is 3.29. The van der Waals surface area contributed by atoms with Crippen molar-refractivity contribution in [3.8, 4) is 0 Å². The lowest BCUT2D eigenvalue weighted by Crippen LogP contribution is -2.38. The number of carbonyl (C=O) groups excluding carboxylic acids is 1. The summed E-state index contributed by atoms with van der Waals surface area (Å²) in [5, 5.41) is 3.08. The molecule has 0 aliphatic carbocycles. The van der Waals surface area contributed by atoms with E-state index in [1.807, 2.05) is 6.07 Å². The number of amides is 1. The number of aryl methyl sites for hydroxylation is 1. The Morgan fingerprint density at radius 1 is 1.47 bits per heavy atom. The Morgan fingerprint density at radius 3 is 2.71 bits per heavy atom. The molecule has 0 atom stereocenters. The van der Waals surface area contributed by atoms with Crippen LogP contribution in [0.2, 0.25) is 0 Å². The van der Waals surface area contributed by atoms with Crippen molar-refractivity contribution in [2.45, 2.75) is 26.2 Å². The number of benzene rings is 1. The molecular weight excluding hydrogens is 280 g/mol. The maximum Gasteiger partial charge on any atom is 0.231 e. The Morgan fingerprint density at radius 2 is 2.12 bits per heavy atom. The third kappa shape index (κ3) is 4.13. The number of rotatable bonds is 5. The van der Waals surface area contributed by atoms with Gasteiger partial charge in [0.25, 0.3) is 0 Å². The van der Waals surface area contributed by atoms with E-state index in [-0.39, 0.29) is 17.9 Å². The number of hydrogen-bond donors (Lipinski definition) is 2. The number of hydrogen-bond acceptors (Lipinski definition) is 2. The van der Waals surface area contributed by atoms with E-state index >= 15 is 0 Å². The smallest absolute Gasteiger partial charge is 0.231 e. The highest BCUT2D eigenvalue weighted by Gasteiger charge is 2.22. The lowest BCUT2D eigenvalue weighted by molar-refractivity contribution is -0.117. The average Bonchev–Trinajstić information content (AvgIpc) is 2.20. The van der Waals surface area contributed by atoms with Crippen LogP contribution in [-0.4, -0.2) is 19.0 Å². The molecule has 0 fully saturated rings. The van der Waals surface area contributed by atoms with Gasteiger partial charge in [0.15, 0.2) is 0 Å². The van der Waals surface area contributed by atoms with Gasteiger partial charge < -0.3 is 11.1 Å². The minimum absolute atomic E-state index is 0.0384. The van der Waals surface area contributed by atoms with Crippen LogP contribution in [0.3, 0.4) is 0 Å². The van der Waals surface area contributed by atoms with Crippen LogP contribution in [0.1, 0.15) is 25.0 Å². The normalized spacial score (nSPS) is 11.5. The molecule has 0 aromatic heterocycles. The Kier molecular flexibility index (Phi) is 4.71. The molecule has 0 saturated heterocycles. The fourth-order valence-corrected chi connectivity index (χ4v) is 2.28. The molecular formula is C13H19BrN2O. The molecule has 4 heteroatoms. The summed E-state index contributed by atoms with van der Waals surface area (Å²) >= 11 is 3.49. The second-order valence-electron chi connectivity index (χ2n) is 4.91. The van der Waals surface area contributed by atoms with Crippen LogP contribution >= 0.6 is 15.9 Å². The third-order valence-electron chi connectivity index (χ3n) is 2.79. The SMILES string of the molecule is Cc1ccc(Br)cc1C(C)(C)CNCC(N)=O. The molecule has 17 heavy (non-hydrogen) atoms. The Bertz CT molecular complexity index is 416. The van der Waals surface area contributed by atoms with Gasteiger partial charge in [-0.1, -0.05) is 35.8 Å². The number of nitrogens with one attached hydrogen (secondary N) is 1. The molecule has 3 nitrogen and oxygen atoms in total. The van der Waals surface area contributed by atoms with Crippen molar-refractivity contribution in [3.05, 3.63) is 33.8 Å². The summed E-state index contributed by atoms with van der Waals surface area (Å²) in [5.41, 5.74) is 7.58. The number of halogens is 1. The van der Waals surface area contributed by atoms with E-state index in [0.717, 1.165) is 4.47 Å². The van der Waals surface area contributed by atoms with Crippen LogP contribution in [0.5, 0.6) is 0 Å². The van der Waals surface area contributed by atoms with Crippen molar-refractivity contribution >= 4 is 21.8 Å². The first-order chi connectivity index (χ1) is 7.83. The highest BCUT2D eigenvalue weighted by Crippen LogP contribution is 2.28. The topological polar surface area (TPSA) is 55.1 Å². The van der Waals surface area contributed by atoms with Crippen LogP contribution in [0, 0.1) is 6.92 Å². The van der Waals surface area contributed by atoms with Gasteiger partial charge in [-0.3, -0.25) is 4.79 Å². The molecule has 0 saturated carbocycles. The average molecular weight is 299 g/mol. The molecule has 1 aromatic rings. The number of nitrogens with two attached hydrogens (primary N) is 1. The van der Waals surface area contributed by atoms with E-state index in [1.54, 1.807) is 0 Å². The van der Waals surface area contributed by atoms with Crippen molar-refractivity contribution in [2.24, 2.45) is 5.73 Å². The molecule has 0 unspecified atom stereocenters. The van der Waals surface area contributed by atoms with Crippen molar-refractivity contribution in [2.75, 3.05) is 13.1 Å². The lowest BCUT2D eigenvalue weighted by Gasteiger charge is -2.27. The van der Waals surface area contributed by atoms with E-state index < -0.39 is 0 Å². The molecule has 1 rings (SSSR count). The molecule has 0 aliphatic rings. The Hall–Kier alpha value is -0.870. The fraction of sp³-hybridized carbons (Fsp3) is 0.462. The van der Waals surface area contributed by atoms with Crippen LogP contribution in [0.4, 0.5) is 0 Å². The summed E-state index contributed by atoms with van der Waals surface area (Å²) in [6.45, 7) is 7.33. The zero-order valence-corrected chi connectivity index (χ0v) is 12.1. The minimum atomic E-state index is -0.327. The highest BCUT2D eigenvalue weighted by atomic mass is 79.9. The van der Waals surface area contributed by atoms with Crippen molar-refractivity contribution in [1.29, 1.82) is 0 Å². The largest absolute Gasteiger partial charge is 0.369 e. The summed E-state index contributed by atoms with van der Waals surface area (Å²) in [6.07, 6.45) is 0. The quantitative estimate of drug-likeness (QED) is 0.875. The van der Waals surface area contributed by atoms with Gasteiger partial charge >= 0.3 is 0 Å². The second-order valence-corrected chi connectivity index (χ2v) is 5.83. The molecule has 1 amide bonds. The summed E-state index contributed by atoms with van der Waals surface area (Å²) < 4.78 is 1.07. The van der Waals surface area contributed by atoms with Gasteiger partial charge in [-0.05, 0) is 30.2 Å². The standard InChI is InChI=1S/C13H19BrN2O/c1-9-4-5-10(14)6-11(9)13(2,3)8-16-7-12(15)17/h4-6,16H,7-8H2,1-3H3,(H2,15,17). The molecule has 1 aromatic carbocycles. The monoisotopic (exact) mass is 298 g/mol. The van der Waals surface area contributed by atoms with Crippen LogP contribution in [-0.2, 0) is 10.2 Å². The summed E-state index contributed by atoms with van der Waals surface area (Å²) in [6, 6.07) is 6.25. The molecule has 0 aliphatic heterocycles. The first kappa shape index (κ1) is 14.2. The summed E-state index contributed by atoms with van der Waals surface area (Å²) in [5.74, 6) is -0.327. The Labute approximate surface area is 111 Å². The lowest BCUT2D eigenvalue weighted by atomic mass is 9.82. The van der Waals surface area contributed by atoms with Crippen LogP contribution in [0.15, 0.2) is 22.7 Å². The predicted molar refractivity (Wildman–Crippen MR) is 74.0 cm³/mol. The molecule has 0 bridgehead atoms. The maximum absolute atomic E-state index is 10.7. The predicted octanol–water partition coefficient (Wildman–Crippen LogP) is 2.11. The van der Waals surface area contributed by atoms with E-state index in [0.29, 0.717) is 6.54 Å². The van der Waals surface area contributed by atoms with Gasteiger partial charge in [-0.2, -0.15) is 0 Å². The second kappa shape index (κ2) is 5.65. The van der Waals surface area contributed by atoms with Crippen LogP contribution in [0.25, 0.3) is 0 Å². The van der Waals surface area contributed by atoms with Gasteiger partial charge in [-0.15, -0.1) is 0 Å². The van der Waals surface area contributed by atoms with Crippen molar-refractivity contribution < 1.29 is 4.79 Å². The van der Waals surface area contributed by atoms with E-state index in [1.165, 1.54) is 11.1 Å². The van der Waals surface area contributed by atoms with Gasteiger partial charge in [-0.25, -0.2) is 0 Å². The summed E-state index contributed by atoms with van der Waals surface area (Å²) in [4.78, 5) is 10.7. The summed E-state index contributed by atoms with van der Waals surface area (Å²) in [7, 11) is 0. The van der Waals surface area contributed by atoms with Gasteiger partial charge in [0.1, 0.15) is 0 Å². The molecule has 0 heterocycles. The molecule has 94 valence electrons.